The monoisotopic (exact) mass is 252 g/mol. The molecular formula is C15H21FO2. The molecule has 0 amide bonds. The summed E-state index contributed by atoms with van der Waals surface area (Å²) in [4.78, 5) is 0. The molecule has 1 aliphatic rings. The molecule has 1 atom stereocenters. The first-order valence-corrected chi connectivity index (χ1v) is 6.58. The minimum atomic E-state index is -0.751. The standard InChI is InChI=1S/C15H21FO2/c1-11-6-7-12(16)10-13(11)14(17)15(18-2)8-4-3-5-9-15/h6-7,10,14,17H,3-5,8-9H2,1-2H3. The molecule has 1 N–H and O–H groups in total. The SMILES string of the molecule is COC1(C(O)c2cc(F)ccc2C)CCCCC1. The number of benzene rings is 1. The molecule has 1 saturated carbocycles. The Balaban J connectivity index is 2.33. The first-order valence-electron chi connectivity index (χ1n) is 6.58. The van der Waals surface area contributed by atoms with Gasteiger partial charge in [0, 0.05) is 7.11 Å². The molecule has 18 heavy (non-hydrogen) atoms. The number of rotatable bonds is 3. The third kappa shape index (κ3) is 2.43. The van der Waals surface area contributed by atoms with E-state index in [0.717, 1.165) is 31.2 Å². The van der Waals surface area contributed by atoms with Gasteiger partial charge in [0.1, 0.15) is 11.9 Å². The lowest BCUT2D eigenvalue weighted by atomic mass is 9.77. The van der Waals surface area contributed by atoms with Crippen molar-refractivity contribution in [2.45, 2.75) is 50.7 Å². The van der Waals surface area contributed by atoms with Crippen molar-refractivity contribution < 1.29 is 14.2 Å². The van der Waals surface area contributed by atoms with Crippen molar-refractivity contribution in [2.75, 3.05) is 7.11 Å². The maximum absolute atomic E-state index is 13.4. The predicted molar refractivity (Wildman–Crippen MR) is 68.9 cm³/mol. The van der Waals surface area contributed by atoms with Crippen LogP contribution >= 0.6 is 0 Å². The first-order chi connectivity index (χ1) is 8.59. The fraction of sp³-hybridized carbons (Fsp3) is 0.600. The van der Waals surface area contributed by atoms with Crippen molar-refractivity contribution in [3.8, 4) is 0 Å². The van der Waals surface area contributed by atoms with Crippen molar-refractivity contribution in [3.63, 3.8) is 0 Å². The molecule has 0 spiro atoms. The molecule has 0 aromatic heterocycles. The summed E-state index contributed by atoms with van der Waals surface area (Å²) in [7, 11) is 1.64. The molecular weight excluding hydrogens is 231 g/mol. The Kier molecular flexibility index (Phi) is 4.03. The number of aryl methyl sites for hydroxylation is 1. The van der Waals surface area contributed by atoms with Crippen LogP contribution in [0.4, 0.5) is 4.39 Å². The number of hydrogen-bond acceptors (Lipinski definition) is 2. The Morgan fingerprint density at radius 3 is 2.56 bits per heavy atom. The molecule has 1 aromatic carbocycles. The van der Waals surface area contributed by atoms with E-state index in [1.807, 2.05) is 6.92 Å². The molecule has 2 rings (SSSR count). The number of hydrogen-bond donors (Lipinski definition) is 1. The fourth-order valence-corrected chi connectivity index (χ4v) is 2.93. The number of aliphatic hydroxyl groups is 1. The largest absolute Gasteiger partial charge is 0.385 e. The van der Waals surface area contributed by atoms with Crippen LogP contribution in [0.3, 0.4) is 0 Å². The molecule has 0 aliphatic heterocycles. The van der Waals surface area contributed by atoms with Crippen LogP contribution < -0.4 is 0 Å². The lowest BCUT2D eigenvalue weighted by Crippen LogP contribution is -2.40. The van der Waals surface area contributed by atoms with Crippen LogP contribution in [0.5, 0.6) is 0 Å². The highest BCUT2D eigenvalue weighted by Crippen LogP contribution is 2.41. The molecule has 3 heteroatoms. The van der Waals surface area contributed by atoms with E-state index in [-0.39, 0.29) is 5.82 Å². The molecule has 1 aliphatic carbocycles. The zero-order chi connectivity index (χ0) is 13.2. The van der Waals surface area contributed by atoms with Gasteiger partial charge in [-0.3, -0.25) is 0 Å². The van der Waals surface area contributed by atoms with E-state index in [9.17, 15) is 9.50 Å². The summed E-state index contributed by atoms with van der Waals surface area (Å²) >= 11 is 0. The Bertz CT molecular complexity index is 411. The zero-order valence-electron chi connectivity index (χ0n) is 11.1. The van der Waals surface area contributed by atoms with Gasteiger partial charge in [0.05, 0.1) is 5.60 Å². The summed E-state index contributed by atoms with van der Waals surface area (Å²) in [6.45, 7) is 1.89. The smallest absolute Gasteiger partial charge is 0.123 e. The number of halogens is 1. The summed E-state index contributed by atoms with van der Waals surface area (Å²) in [5, 5.41) is 10.6. The second-order valence-corrected chi connectivity index (χ2v) is 5.23. The lowest BCUT2D eigenvalue weighted by molar-refractivity contribution is -0.125. The second-order valence-electron chi connectivity index (χ2n) is 5.23. The Morgan fingerprint density at radius 2 is 1.94 bits per heavy atom. The van der Waals surface area contributed by atoms with Crippen LogP contribution in [0.15, 0.2) is 18.2 Å². The van der Waals surface area contributed by atoms with Gasteiger partial charge in [-0.05, 0) is 43.0 Å². The average Bonchev–Trinajstić information content (AvgIpc) is 2.41. The van der Waals surface area contributed by atoms with Gasteiger partial charge in [-0.15, -0.1) is 0 Å². The normalized spacial score (nSPS) is 20.7. The van der Waals surface area contributed by atoms with E-state index >= 15 is 0 Å². The third-order valence-corrected chi connectivity index (χ3v) is 4.14. The van der Waals surface area contributed by atoms with Crippen LogP contribution in [-0.2, 0) is 4.74 Å². The van der Waals surface area contributed by atoms with Gasteiger partial charge in [0.15, 0.2) is 0 Å². The van der Waals surface area contributed by atoms with Crippen molar-refractivity contribution >= 4 is 0 Å². The molecule has 1 fully saturated rings. The fourth-order valence-electron chi connectivity index (χ4n) is 2.93. The Morgan fingerprint density at radius 1 is 1.28 bits per heavy atom. The van der Waals surface area contributed by atoms with Crippen molar-refractivity contribution in [1.29, 1.82) is 0 Å². The van der Waals surface area contributed by atoms with Gasteiger partial charge in [-0.25, -0.2) is 4.39 Å². The van der Waals surface area contributed by atoms with Crippen LogP contribution in [0.2, 0.25) is 0 Å². The molecule has 1 unspecified atom stereocenters. The quantitative estimate of drug-likeness (QED) is 0.892. The average molecular weight is 252 g/mol. The van der Waals surface area contributed by atoms with E-state index in [4.69, 9.17) is 4.74 Å². The summed E-state index contributed by atoms with van der Waals surface area (Å²) in [6, 6.07) is 4.56. The molecule has 0 saturated heterocycles. The van der Waals surface area contributed by atoms with Crippen LogP contribution in [0, 0.1) is 12.7 Å². The van der Waals surface area contributed by atoms with Crippen LogP contribution in [0.25, 0.3) is 0 Å². The Hall–Kier alpha value is -0.930. The molecule has 0 radical (unpaired) electrons. The Labute approximate surface area is 108 Å². The maximum Gasteiger partial charge on any atom is 0.123 e. The lowest BCUT2D eigenvalue weighted by Gasteiger charge is -2.40. The van der Waals surface area contributed by atoms with Gasteiger partial charge in [-0.1, -0.05) is 25.3 Å². The summed E-state index contributed by atoms with van der Waals surface area (Å²) in [5.41, 5.74) is 1.02. The van der Waals surface area contributed by atoms with Gasteiger partial charge in [0.2, 0.25) is 0 Å². The zero-order valence-corrected chi connectivity index (χ0v) is 11.1. The number of aliphatic hydroxyl groups excluding tert-OH is 1. The second kappa shape index (κ2) is 5.37. The maximum atomic E-state index is 13.4. The van der Waals surface area contributed by atoms with E-state index < -0.39 is 11.7 Å². The minimum absolute atomic E-state index is 0.309. The van der Waals surface area contributed by atoms with Gasteiger partial charge < -0.3 is 9.84 Å². The highest BCUT2D eigenvalue weighted by atomic mass is 19.1. The molecule has 1 aromatic rings. The first kappa shape index (κ1) is 13.5. The summed E-state index contributed by atoms with van der Waals surface area (Å²) in [5.74, 6) is -0.309. The van der Waals surface area contributed by atoms with Gasteiger partial charge in [-0.2, -0.15) is 0 Å². The highest BCUT2D eigenvalue weighted by Gasteiger charge is 2.40. The number of methoxy groups -OCH3 is 1. The van der Waals surface area contributed by atoms with E-state index in [2.05, 4.69) is 0 Å². The predicted octanol–water partition coefficient (Wildman–Crippen LogP) is 3.52. The van der Waals surface area contributed by atoms with Crippen LogP contribution in [-0.4, -0.2) is 17.8 Å². The molecule has 0 heterocycles. The summed E-state index contributed by atoms with van der Waals surface area (Å²) in [6.07, 6.45) is 4.21. The van der Waals surface area contributed by atoms with Gasteiger partial charge in [0.25, 0.3) is 0 Å². The van der Waals surface area contributed by atoms with Crippen molar-refractivity contribution in [3.05, 3.63) is 35.1 Å². The third-order valence-electron chi connectivity index (χ3n) is 4.14. The van der Waals surface area contributed by atoms with Crippen molar-refractivity contribution in [2.24, 2.45) is 0 Å². The summed E-state index contributed by atoms with van der Waals surface area (Å²) < 4.78 is 19.0. The number of ether oxygens (including phenoxy) is 1. The molecule has 0 bridgehead atoms. The molecule has 100 valence electrons. The highest BCUT2D eigenvalue weighted by molar-refractivity contribution is 5.30. The minimum Gasteiger partial charge on any atom is -0.385 e. The van der Waals surface area contributed by atoms with Crippen LogP contribution in [0.1, 0.15) is 49.3 Å². The molecule has 2 nitrogen and oxygen atoms in total. The van der Waals surface area contributed by atoms with E-state index in [1.165, 1.54) is 18.6 Å². The topological polar surface area (TPSA) is 29.5 Å². The van der Waals surface area contributed by atoms with Gasteiger partial charge >= 0.3 is 0 Å². The van der Waals surface area contributed by atoms with E-state index in [1.54, 1.807) is 13.2 Å². The van der Waals surface area contributed by atoms with Crippen molar-refractivity contribution in [1.82, 2.24) is 0 Å². The van der Waals surface area contributed by atoms with E-state index in [0.29, 0.717) is 5.56 Å².